The molecule has 0 saturated carbocycles. The zero-order chi connectivity index (χ0) is 12.8. The number of nitrogens with zero attached hydrogens (tertiary/aromatic N) is 3. The van der Waals surface area contributed by atoms with Crippen LogP contribution in [0.4, 0.5) is 0 Å². The van der Waals surface area contributed by atoms with E-state index < -0.39 is 0 Å². The van der Waals surface area contributed by atoms with Crippen molar-refractivity contribution in [2.45, 2.75) is 13.0 Å². The first kappa shape index (κ1) is 12.9. The summed E-state index contributed by atoms with van der Waals surface area (Å²) >= 11 is 5.79. The van der Waals surface area contributed by atoms with Gasteiger partial charge in [0.25, 0.3) is 0 Å². The summed E-state index contributed by atoms with van der Waals surface area (Å²) in [6.45, 7) is 1.77. The summed E-state index contributed by atoms with van der Waals surface area (Å²) < 4.78 is 7.40. The molecule has 0 atom stereocenters. The van der Waals surface area contributed by atoms with E-state index in [4.69, 9.17) is 22.1 Å². The third-order valence-corrected chi connectivity index (χ3v) is 2.74. The third-order valence-electron chi connectivity index (χ3n) is 2.48. The van der Waals surface area contributed by atoms with Crippen LogP contribution in [0.25, 0.3) is 0 Å². The fourth-order valence-corrected chi connectivity index (χ4v) is 1.72. The number of halogens is 1. The highest BCUT2D eigenvalue weighted by molar-refractivity contribution is 6.30. The molecule has 96 valence electrons. The molecular weight excluding hydrogens is 252 g/mol. The standard InChI is InChI=1S/C12H15ClN4O/c13-10-1-3-12(4-2-10)18-8-7-17-11(5-6-14)9-15-16-17/h1-4,9H,5-8,14H2. The Bertz CT molecular complexity index is 483. The maximum atomic E-state index is 5.79. The Morgan fingerprint density at radius 1 is 1.28 bits per heavy atom. The van der Waals surface area contributed by atoms with Gasteiger partial charge in [0, 0.05) is 11.4 Å². The van der Waals surface area contributed by atoms with Crippen LogP contribution >= 0.6 is 11.6 Å². The van der Waals surface area contributed by atoms with Gasteiger partial charge in [-0.1, -0.05) is 16.8 Å². The molecule has 2 N–H and O–H groups in total. The number of hydrogen-bond acceptors (Lipinski definition) is 4. The molecule has 5 nitrogen and oxygen atoms in total. The molecule has 1 heterocycles. The molecule has 0 saturated heterocycles. The van der Waals surface area contributed by atoms with E-state index in [0.717, 1.165) is 17.9 Å². The number of rotatable bonds is 6. The predicted molar refractivity (Wildman–Crippen MR) is 69.7 cm³/mol. The Hall–Kier alpha value is -1.59. The molecule has 0 spiro atoms. The summed E-state index contributed by atoms with van der Waals surface area (Å²) in [7, 11) is 0. The van der Waals surface area contributed by atoms with Gasteiger partial charge in [0.1, 0.15) is 12.4 Å². The zero-order valence-electron chi connectivity index (χ0n) is 9.92. The van der Waals surface area contributed by atoms with E-state index in [-0.39, 0.29) is 0 Å². The molecule has 0 radical (unpaired) electrons. The van der Waals surface area contributed by atoms with Gasteiger partial charge in [-0.2, -0.15) is 0 Å². The van der Waals surface area contributed by atoms with Gasteiger partial charge in [-0.05, 0) is 30.8 Å². The Morgan fingerprint density at radius 2 is 2.06 bits per heavy atom. The van der Waals surface area contributed by atoms with Crippen LogP contribution in [-0.2, 0) is 13.0 Å². The lowest BCUT2D eigenvalue weighted by Gasteiger charge is -2.08. The van der Waals surface area contributed by atoms with Gasteiger partial charge < -0.3 is 10.5 Å². The van der Waals surface area contributed by atoms with Gasteiger partial charge in [-0.25, -0.2) is 4.68 Å². The molecule has 0 fully saturated rings. The number of nitrogens with two attached hydrogens (primary N) is 1. The maximum Gasteiger partial charge on any atom is 0.119 e. The minimum absolute atomic E-state index is 0.530. The number of ether oxygens (including phenoxy) is 1. The second-order valence-corrected chi connectivity index (χ2v) is 4.23. The molecule has 0 aliphatic carbocycles. The topological polar surface area (TPSA) is 66.0 Å². The number of aromatic nitrogens is 3. The predicted octanol–water partition coefficient (Wildman–Crippen LogP) is 1.51. The van der Waals surface area contributed by atoms with Gasteiger partial charge in [-0.3, -0.25) is 0 Å². The van der Waals surface area contributed by atoms with E-state index in [1.165, 1.54) is 0 Å². The second kappa shape index (κ2) is 6.37. The molecule has 1 aromatic heterocycles. The molecule has 2 rings (SSSR count). The van der Waals surface area contributed by atoms with Crippen molar-refractivity contribution < 1.29 is 4.74 Å². The van der Waals surface area contributed by atoms with E-state index in [0.29, 0.717) is 24.7 Å². The van der Waals surface area contributed by atoms with E-state index >= 15 is 0 Å². The summed E-state index contributed by atoms with van der Waals surface area (Å²) in [5, 5.41) is 8.55. The molecule has 0 aliphatic rings. The molecule has 0 amide bonds. The van der Waals surface area contributed by atoms with Gasteiger partial charge >= 0.3 is 0 Å². The van der Waals surface area contributed by atoms with Gasteiger partial charge in [0.05, 0.1) is 18.4 Å². The first-order valence-electron chi connectivity index (χ1n) is 5.75. The van der Waals surface area contributed by atoms with E-state index in [1.807, 2.05) is 16.8 Å². The van der Waals surface area contributed by atoms with Crippen molar-refractivity contribution in [1.82, 2.24) is 15.0 Å². The summed E-state index contributed by atoms with van der Waals surface area (Å²) in [4.78, 5) is 0. The van der Waals surface area contributed by atoms with Crippen molar-refractivity contribution in [3.8, 4) is 5.75 Å². The minimum atomic E-state index is 0.530. The van der Waals surface area contributed by atoms with Crippen LogP contribution in [0, 0.1) is 0 Å². The molecule has 0 aliphatic heterocycles. The first-order valence-corrected chi connectivity index (χ1v) is 6.13. The summed E-state index contributed by atoms with van der Waals surface area (Å²) in [5.41, 5.74) is 6.54. The lowest BCUT2D eigenvalue weighted by molar-refractivity contribution is 0.287. The largest absolute Gasteiger partial charge is 0.492 e. The summed E-state index contributed by atoms with van der Waals surface area (Å²) in [5.74, 6) is 0.792. The van der Waals surface area contributed by atoms with Crippen LogP contribution < -0.4 is 10.5 Å². The van der Waals surface area contributed by atoms with Crippen molar-refractivity contribution >= 4 is 11.6 Å². The average Bonchev–Trinajstić information content (AvgIpc) is 2.80. The molecule has 6 heteroatoms. The Morgan fingerprint density at radius 3 is 2.78 bits per heavy atom. The third kappa shape index (κ3) is 3.45. The summed E-state index contributed by atoms with van der Waals surface area (Å²) in [6, 6.07) is 7.27. The molecule has 0 unspecified atom stereocenters. The quantitative estimate of drug-likeness (QED) is 0.861. The lowest BCUT2D eigenvalue weighted by atomic mass is 10.3. The Labute approximate surface area is 111 Å². The molecule has 0 bridgehead atoms. The molecular formula is C12H15ClN4O. The Balaban J connectivity index is 1.84. The van der Waals surface area contributed by atoms with Gasteiger partial charge in [0.2, 0.25) is 0 Å². The van der Waals surface area contributed by atoms with Crippen molar-refractivity contribution in [1.29, 1.82) is 0 Å². The first-order chi connectivity index (χ1) is 8.79. The van der Waals surface area contributed by atoms with E-state index in [9.17, 15) is 0 Å². The smallest absolute Gasteiger partial charge is 0.119 e. The van der Waals surface area contributed by atoms with Gasteiger partial charge in [0.15, 0.2) is 0 Å². The van der Waals surface area contributed by atoms with Crippen molar-refractivity contribution in [3.63, 3.8) is 0 Å². The van der Waals surface area contributed by atoms with Crippen LogP contribution in [0.5, 0.6) is 5.75 Å². The van der Waals surface area contributed by atoms with Crippen LogP contribution in [0.1, 0.15) is 5.69 Å². The van der Waals surface area contributed by atoms with Crippen LogP contribution in [0.15, 0.2) is 30.5 Å². The highest BCUT2D eigenvalue weighted by atomic mass is 35.5. The van der Waals surface area contributed by atoms with Crippen molar-refractivity contribution in [2.75, 3.05) is 13.2 Å². The van der Waals surface area contributed by atoms with Crippen LogP contribution in [-0.4, -0.2) is 28.1 Å². The maximum absolute atomic E-state index is 5.79. The zero-order valence-corrected chi connectivity index (χ0v) is 10.7. The second-order valence-electron chi connectivity index (χ2n) is 3.79. The molecule has 2 aromatic rings. The molecule has 1 aromatic carbocycles. The Kier molecular flexibility index (Phi) is 4.55. The van der Waals surface area contributed by atoms with Crippen LogP contribution in [0.2, 0.25) is 5.02 Å². The van der Waals surface area contributed by atoms with E-state index in [2.05, 4.69) is 10.3 Å². The van der Waals surface area contributed by atoms with Crippen LogP contribution in [0.3, 0.4) is 0 Å². The monoisotopic (exact) mass is 266 g/mol. The average molecular weight is 267 g/mol. The van der Waals surface area contributed by atoms with Crippen molar-refractivity contribution in [3.05, 3.63) is 41.2 Å². The minimum Gasteiger partial charge on any atom is -0.492 e. The van der Waals surface area contributed by atoms with Gasteiger partial charge in [-0.15, -0.1) is 5.10 Å². The number of hydrogen-bond donors (Lipinski definition) is 1. The van der Waals surface area contributed by atoms with E-state index in [1.54, 1.807) is 18.3 Å². The fraction of sp³-hybridized carbons (Fsp3) is 0.333. The molecule has 18 heavy (non-hydrogen) atoms. The fourth-order valence-electron chi connectivity index (χ4n) is 1.59. The highest BCUT2D eigenvalue weighted by Crippen LogP contribution is 2.15. The lowest BCUT2D eigenvalue weighted by Crippen LogP contribution is -2.14. The van der Waals surface area contributed by atoms with Crippen molar-refractivity contribution in [2.24, 2.45) is 5.73 Å². The normalized spacial score (nSPS) is 10.6. The SMILES string of the molecule is NCCc1cnnn1CCOc1ccc(Cl)cc1. The summed E-state index contributed by atoms with van der Waals surface area (Å²) in [6.07, 6.45) is 2.50. The number of benzene rings is 1. The highest BCUT2D eigenvalue weighted by Gasteiger charge is 2.02.